The lowest BCUT2D eigenvalue weighted by molar-refractivity contribution is 0.294. The smallest absolute Gasteiger partial charge is 0.241 e. The molecule has 15 heavy (non-hydrogen) atoms. The molecule has 1 saturated carbocycles. The molecular formula is C8H9ClN2O3S. The van der Waals surface area contributed by atoms with Gasteiger partial charge in [0.15, 0.2) is 5.75 Å². The molecule has 1 heterocycles. The molecule has 1 aromatic rings. The van der Waals surface area contributed by atoms with Crippen LogP contribution in [0.15, 0.2) is 17.2 Å². The highest BCUT2D eigenvalue weighted by Gasteiger charge is 2.27. The van der Waals surface area contributed by atoms with E-state index in [2.05, 4.69) is 4.98 Å². The van der Waals surface area contributed by atoms with Gasteiger partial charge in [-0.05, 0) is 18.9 Å². The number of rotatable bonds is 3. The number of ether oxygens (including phenoxy) is 1. The Kier molecular flexibility index (Phi) is 2.57. The Morgan fingerprint density at radius 3 is 2.73 bits per heavy atom. The third-order valence-corrected chi connectivity index (χ3v) is 3.06. The molecule has 5 nitrogen and oxygen atoms in total. The molecule has 82 valence electrons. The van der Waals surface area contributed by atoms with Crippen LogP contribution in [0.4, 0.5) is 0 Å². The molecule has 1 aliphatic carbocycles. The lowest BCUT2D eigenvalue weighted by Gasteiger charge is -2.08. The van der Waals surface area contributed by atoms with Gasteiger partial charge >= 0.3 is 0 Å². The van der Waals surface area contributed by atoms with Gasteiger partial charge in [0.1, 0.15) is 10.0 Å². The number of hydrogen-bond donors (Lipinski definition) is 1. The predicted molar refractivity (Wildman–Crippen MR) is 54.3 cm³/mol. The Morgan fingerprint density at radius 1 is 1.53 bits per heavy atom. The molecule has 1 fully saturated rings. The number of primary sulfonamides is 1. The van der Waals surface area contributed by atoms with Crippen molar-refractivity contribution in [1.82, 2.24) is 4.98 Å². The van der Waals surface area contributed by atoms with Gasteiger partial charge in [-0.1, -0.05) is 11.6 Å². The van der Waals surface area contributed by atoms with Crippen LogP contribution in [0.3, 0.4) is 0 Å². The van der Waals surface area contributed by atoms with Gasteiger partial charge in [-0.15, -0.1) is 0 Å². The summed E-state index contributed by atoms with van der Waals surface area (Å²) in [5, 5.41) is 5.10. The lowest BCUT2D eigenvalue weighted by atomic mass is 10.4. The fourth-order valence-corrected chi connectivity index (χ4v) is 1.96. The molecule has 0 bridgehead atoms. The Labute approximate surface area is 92.3 Å². The first-order chi connectivity index (χ1) is 6.97. The molecule has 0 aliphatic heterocycles. The zero-order chi connectivity index (χ0) is 11.1. The minimum atomic E-state index is -3.82. The number of nitrogens with zero attached hydrogens (tertiary/aromatic N) is 1. The largest absolute Gasteiger partial charge is 0.487 e. The molecule has 0 radical (unpaired) electrons. The number of hydrogen-bond acceptors (Lipinski definition) is 4. The molecule has 2 rings (SSSR count). The van der Waals surface area contributed by atoms with Crippen molar-refractivity contribution in [3.8, 4) is 5.75 Å². The summed E-state index contributed by atoms with van der Waals surface area (Å²) in [5.41, 5.74) is 0. The minimum Gasteiger partial charge on any atom is -0.487 e. The summed E-state index contributed by atoms with van der Waals surface area (Å²) < 4.78 is 27.8. The summed E-state index contributed by atoms with van der Waals surface area (Å²) in [6.07, 6.45) is 3.20. The van der Waals surface area contributed by atoms with Crippen LogP contribution in [-0.2, 0) is 10.0 Å². The zero-order valence-corrected chi connectivity index (χ0v) is 9.25. The van der Waals surface area contributed by atoms with Crippen molar-refractivity contribution in [3.63, 3.8) is 0 Å². The van der Waals surface area contributed by atoms with Crippen LogP contribution in [0.1, 0.15) is 12.8 Å². The highest BCUT2D eigenvalue weighted by atomic mass is 35.5. The highest BCUT2D eigenvalue weighted by molar-refractivity contribution is 7.89. The first-order valence-electron chi connectivity index (χ1n) is 4.32. The van der Waals surface area contributed by atoms with Crippen molar-refractivity contribution in [1.29, 1.82) is 0 Å². The van der Waals surface area contributed by atoms with E-state index in [4.69, 9.17) is 21.5 Å². The molecule has 2 N–H and O–H groups in total. The number of sulfonamides is 1. The van der Waals surface area contributed by atoms with Crippen LogP contribution < -0.4 is 9.88 Å². The molecule has 0 spiro atoms. The summed E-state index contributed by atoms with van der Waals surface area (Å²) in [4.78, 5) is 3.64. The van der Waals surface area contributed by atoms with Crippen molar-refractivity contribution in [2.45, 2.75) is 23.8 Å². The standard InChI is InChI=1S/C8H9ClN2O3S/c9-8-3-7(15(10,12)13)6(4-11-8)14-5-1-2-5/h3-5H,1-2H2,(H2,10,12,13). The SMILES string of the molecule is NS(=O)(=O)c1cc(Cl)ncc1OC1CC1. The quantitative estimate of drug-likeness (QED) is 0.807. The Balaban J connectivity index is 2.43. The molecular weight excluding hydrogens is 240 g/mol. The Bertz CT molecular complexity index is 485. The van der Waals surface area contributed by atoms with E-state index in [-0.39, 0.29) is 21.9 Å². The molecule has 0 unspecified atom stereocenters. The highest BCUT2D eigenvalue weighted by Crippen LogP contribution is 2.31. The lowest BCUT2D eigenvalue weighted by Crippen LogP contribution is -2.14. The molecule has 1 aromatic heterocycles. The summed E-state index contributed by atoms with van der Waals surface area (Å²) in [5.74, 6) is 0.171. The van der Waals surface area contributed by atoms with Crippen LogP contribution in [0.25, 0.3) is 0 Å². The van der Waals surface area contributed by atoms with Crippen LogP contribution in [-0.4, -0.2) is 19.5 Å². The van der Waals surface area contributed by atoms with E-state index in [0.717, 1.165) is 12.8 Å². The number of pyridine rings is 1. The van der Waals surface area contributed by atoms with E-state index in [1.54, 1.807) is 0 Å². The predicted octanol–water partition coefficient (Wildman–Crippen LogP) is 0.924. The molecule has 1 aliphatic rings. The van der Waals surface area contributed by atoms with Crippen LogP contribution in [0.5, 0.6) is 5.75 Å². The minimum absolute atomic E-state index is 0.0715. The van der Waals surface area contributed by atoms with Crippen molar-refractivity contribution in [3.05, 3.63) is 17.4 Å². The number of aromatic nitrogens is 1. The topological polar surface area (TPSA) is 82.3 Å². The van der Waals surface area contributed by atoms with E-state index in [1.807, 2.05) is 0 Å². The third kappa shape index (κ3) is 2.58. The maximum Gasteiger partial charge on any atom is 0.241 e. The fourth-order valence-electron chi connectivity index (χ4n) is 1.08. The van der Waals surface area contributed by atoms with E-state index >= 15 is 0 Å². The van der Waals surface area contributed by atoms with Gasteiger partial charge in [0.2, 0.25) is 10.0 Å². The van der Waals surface area contributed by atoms with Gasteiger partial charge in [0.05, 0.1) is 12.3 Å². The van der Waals surface area contributed by atoms with E-state index in [1.165, 1.54) is 12.3 Å². The molecule has 0 aromatic carbocycles. The zero-order valence-electron chi connectivity index (χ0n) is 7.68. The Hall–Kier alpha value is -0.850. The van der Waals surface area contributed by atoms with E-state index in [0.29, 0.717) is 0 Å². The second-order valence-corrected chi connectivity index (χ2v) is 5.23. The summed E-state index contributed by atoms with van der Waals surface area (Å²) in [7, 11) is -3.82. The Morgan fingerprint density at radius 2 is 2.20 bits per heavy atom. The van der Waals surface area contributed by atoms with Gasteiger partial charge in [-0.25, -0.2) is 18.5 Å². The summed E-state index contributed by atoms with van der Waals surface area (Å²) in [6.45, 7) is 0. The fraction of sp³-hybridized carbons (Fsp3) is 0.375. The van der Waals surface area contributed by atoms with E-state index < -0.39 is 10.0 Å². The maximum atomic E-state index is 11.2. The summed E-state index contributed by atoms with van der Waals surface area (Å²) >= 11 is 5.59. The number of nitrogens with two attached hydrogens (primary N) is 1. The molecule has 7 heteroatoms. The van der Waals surface area contributed by atoms with Gasteiger partial charge in [0, 0.05) is 0 Å². The van der Waals surface area contributed by atoms with Gasteiger partial charge < -0.3 is 4.74 Å². The first kappa shape index (κ1) is 10.7. The average molecular weight is 249 g/mol. The van der Waals surface area contributed by atoms with Gasteiger partial charge in [-0.3, -0.25) is 0 Å². The van der Waals surface area contributed by atoms with Crippen molar-refractivity contribution in [2.24, 2.45) is 5.14 Å². The third-order valence-electron chi connectivity index (χ3n) is 1.92. The molecule has 0 saturated heterocycles. The van der Waals surface area contributed by atoms with E-state index in [9.17, 15) is 8.42 Å². The number of halogens is 1. The monoisotopic (exact) mass is 248 g/mol. The molecule has 0 amide bonds. The normalized spacial score (nSPS) is 16.4. The summed E-state index contributed by atoms with van der Waals surface area (Å²) in [6, 6.07) is 1.19. The maximum absolute atomic E-state index is 11.2. The average Bonchev–Trinajstić information content (AvgIpc) is 2.90. The second kappa shape index (κ2) is 3.62. The van der Waals surface area contributed by atoms with Gasteiger partial charge in [-0.2, -0.15) is 0 Å². The molecule has 0 atom stereocenters. The second-order valence-electron chi connectivity index (χ2n) is 3.32. The van der Waals surface area contributed by atoms with Crippen molar-refractivity contribution < 1.29 is 13.2 Å². The van der Waals surface area contributed by atoms with Crippen LogP contribution >= 0.6 is 11.6 Å². The first-order valence-corrected chi connectivity index (χ1v) is 6.24. The van der Waals surface area contributed by atoms with Crippen LogP contribution in [0.2, 0.25) is 5.15 Å². The van der Waals surface area contributed by atoms with Gasteiger partial charge in [0.25, 0.3) is 0 Å². The van der Waals surface area contributed by atoms with Crippen LogP contribution in [0, 0.1) is 0 Å². The van der Waals surface area contributed by atoms with Crippen molar-refractivity contribution in [2.75, 3.05) is 0 Å². The van der Waals surface area contributed by atoms with Crippen molar-refractivity contribution >= 4 is 21.6 Å².